The molecule has 4 unspecified atom stereocenters. The molecule has 0 aromatic rings. The molecule has 1 aliphatic carbocycles. The number of hydrazone groups is 1. The van der Waals surface area contributed by atoms with E-state index in [1.807, 2.05) is 0 Å². The van der Waals surface area contributed by atoms with Gasteiger partial charge in [-0.25, -0.2) is 5.43 Å². The van der Waals surface area contributed by atoms with E-state index < -0.39 is 0 Å². The van der Waals surface area contributed by atoms with E-state index in [-0.39, 0.29) is 30.0 Å². The number of nitrogens with one attached hydrogen (secondary N) is 2. The molecule has 18 heavy (non-hydrogen) atoms. The van der Waals surface area contributed by atoms with Crippen LogP contribution in [0.25, 0.3) is 0 Å². The van der Waals surface area contributed by atoms with Gasteiger partial charge in [-0.2, -0.15) is 5.10 Å². The minimum Gasteiger partial charge on any atom is -0.376 e. The second-order valence-electron chi connectivity index (χ2n) is 4.96. The fraction of sp³-hybridized carbons (Fsp3) is 0.727. The summed E-state index contributed by atoms with van der Waals surface area (Å²) in [6, 6.07) is -0.175. The summed E-state index contributed by atoms with van der Waals surface area (Å²) in [5.41, 5.74) is 8.66. The highest BCUT2D eigenvalue weighted by molar-refractivity contribution is 6.39. The number of nitrogens with two attached hydrogens (primary N) is 1. The Morgan fingerprint density at radius 2 is 2.33 bits per heavy atom. The average molecular weight is 252 g/mol. The summed E-state index contributed by atoms with van der Waals surface area (Å²) in [7, 11) is 0. The van der Waals surface area contributed by atoms with Gasteiger partial charge >= 0.3 is 0 Å². The number of hydrogen-bond acceptors (Lipinski definition) is 5. The SMILES string of the molecule is NC1C2CCOC2C1NC(=O)C1=NNC(=O)CC1. The van der Waals surface area contributed by atoms with E-state index >= 15 is 0 Å². The molecule has 7 heteroatoms. The average Bonchev–Trinajstić information content (AvgIpc) is 2.81. The summed E-state index contributed by atoms with van der Waals surface area (Å²) < 4.78 is 5.54. The van der Waals surface area contributed by atoms with E-state index in [1.165, 1.54) is 0 Å². The summed E-state index contributed by atoms with van der Waals surface area (Å²) in [4.78, 5) is 22.9. The van der Waals surface area contributed by atoms with E-state index in [4.69, 9.17) is 10.5 Å². The molecule has 3 rings (SSSR count). The molecule has 0 aromatic carbocycles. The van der Waals surface area contributed by atoms with Crippen molar-refractivity contribution in [3.63, 3.8) is 0 Å². The lowest BCUT2D eigenvalue weighted by Gasteiger charge is -2.45. The van der Waals surface area contributed by atoms with Gasteiger partial charge in [0.2, 0.25) is 5.91 Å². The molecule has 4 N–H and O–H groups in total. The van der Waals surface area contributed by atoms with Crippen LogP contribution in [0.4, 0.5) is 0 Å². The molecule has 1 saturated heterocycles. The maximum Gasteiger partial charge on any atom is 0.267 e. The minimum absolute atomic E-state index is 0.0415. The maximum absolute atomic E-state index is 11.9. The molecule has 7 nitrogen and oxygen atoms in total. The number of rotatable bonds is 2. The number of ether oxygens (including phenoxy) is 1. The van der Waals surface area contributed by atoms with E-state index in [1.54, 1.807) is 0 Å². The summed E-state index contributed by atoms with van der Waals surface area (Å²) >= 11 is 0. The highest BCUT2D eigenvalue weighted by Crippen LogP contribution is 2.37. The van der Waals surface area contributed by atoms with Gasteiger partial charge in [0.05, 0.1) is 12.1 Å². The van der Waals surface area contributed by atoms with Crippen LogP contribution in [0.2, 0.25) is 0 Å². The zero-order chi connectivity index (χ0) is 12.7. The Morgan fingerprint density at radius 3 is 3.06 bits per heavy atom. The highest BCUT2D eigenvalue weighted by Gasteiger charge is 2.52. The lowest BCUT2D eigenvalue weighted by molar-refractivity contribution is -0.121. The Morgan fingerprint density at radius 1 is 1.50 bits per heavy atom. The third-order valence-electron chi connectivity index (χ3n) is 3.91. The predicted molar refractivity (Wildman–Crippen MR) is 62.6 cm³/mol. The van der Waals surface area contributed by atoms with Crippen LogP contribution in [-0.2, 0) is 14.3 Å². The van der Waals surface area contributed by atoms with Gasteiger partial charge in [0, 0.05) is 31.4 Å². The fourth-order valence-electron chi connectivity index (χ4n) is 2.80. The maximum atomic E-state index is 11.9. The topological polar surface area (TPSA) is 106 Å². The number of carbonyl (C=O) groups excluding carboxylic acids is 2. The highest BCUT2D eigenvalue weighted by atomic mass is 16.5. The third kappa shape index (κ3) is 1.79. The first-order valence-corrected chi connectivity index (χ1v) is 6.20. The van der Waals surface area contributed by atoms with Gasteiger partial charge in [0.25, 0.3) is 5.91 Å². The van der Waals surface area contributed by atoms with Crippen molar-refractivity contribution in [2.24, 2.45) is 16.8 Å². The van der Waals surface area contributed by atoms with Crippen LogP contribution in [0.5, 0.6) is 0 Å². The van der Waals surface area contributed by atoms with Crippen molar-refractivity contribution < 1.29 is 14.3 Å². The number of carbonyl (C=O) groups is 2. The number of hydrogen-bond donors (Lipinski definition) is 3. The zero-order valence-corrected chi connectivity index (χ0v) is 9.89. The van der Waals surface area contributed by atoms with Crippen molar-refractivity contribution >= 4 is 17.5 Å². The molecule has 2 fully saturated rings. The Bertz CT molecular complexity index is 423. The van der Waals surface area contributed by atoms with Crippen LogP contribution in [0, 0.1) is 5.92 Å². The summed E-state index contributed by atoms with van der Waals surface area (Å²) in [6.07, 6.45) is 1.68. The van der Waals surface area contributed by atoms with Gasteiger partial charge in [-0.1, -0.05) is 0 Å². The Kier molecular flexibility index (Phi) is 2.79. The first-order chi connectivity index (χ1) is 8.66. The predicted octanol–water partition coefficient (Wildman–Crippen LogP) is -1.52. The standard InChI is InChI=1S/C11H16N4O3/c12-8-5-3-4-18-10(5)9(8)13-11(17)6-1-2-7(16)15-14-6/h5,8-10H,1-4,12H2,(H,13,17)(H,15,16). The number of nitrogens with zero attached hydrogens (tertiary/aromatic N) is 1. The largest absolute Gasteiger partial charge is 0.376 e. The molecule has 0 bridgehead atoms. The first-order valence-electron chi connectivity index (χ1n) is 6.20. The Balaban J connectivity index is 1.60. The van der Waals surface area contributed by atoms with Crippen LogP contribution in [0.1, 0.15) is 19.3 Å². The van der Waals surface area contributed by atoms with E-state index in [0.29, 0.717) is 31.1 Å². The number of fused-ring (bicyclic) bond motifs is 1. The zero-order valence-electron chi connectivity index (χ0n) is 9.89. The van der Waals surface area contributed by atoms with Crippen LogP contribution < -0.4 is 16.5 Å². The molecule has 2 heterocycles. The lowest BCUT2D eigenvalue weighted by atomic mass is 9.72. The van der Waals surface area contributed by atoms with Crippen molar-refractivity contribution in [2.45, 2.75) is 37.5 Å². The smallest absolute Gasteiger partial charge is 0.267 e. The van der Waals surface area contributed by atoms with Crippen LogP contribution in [0.15, 0.2) is 5.10 Å². The summed E-state index contributed by atoms with van der Waals surface area (Å²) in [6.45, 7) is 0.715. The Hall–Kier alpha value is -1.47. The molecular weight excluding hydrogens is 236 g/mol. The third-order valence-corrected chi connectivity index (χ3v) is 3.91. The van der Waals surface area contributed by atoms with Gasteiger partial charge < -0.3 is 15.8 Å². The molecular formula is C11H16N4O3. The van der Waals surface area contributed by atoms with Crippen molar-refractivity contribution in [1.82, 2.24) is 10.7 Å². The van der Waals surface area contributed by atoms with Crippen molar-refractivity contribution in [3.8, 4) is 0 Å². The first kappa shape index (κ1) is 11.6. The molecule has 2 amide bonds. The quantitative estimate of drug-likeness (QED) is 0.555. The van der Waals surface area contributed by atoms with E-state index in [2.05, 4.69) is 15.8 Å². The van der Waals surface area contributed by atoms with Gasteiger partial charge in [0.15, 0.2) is 0 Å². The second-order valence-corrected chi connectivity index (χ2v) is 4.96. The molecule has 1 saturated carbocycles. The minimum atomic E-state index is -0.260. The van der Waals surface area contributed by atoms with E-state index in [0.717, 1.165) is 6.42 Å². The fourth-order valence-corrected chi connectivity index (χ4v) is 2.80. The summed E-state index contributed by atoms with van der Waals surface area (Å²) in [5, 5.41) is 6.61. The van der Waals surface area contributed by atoms with Crippen LogP contribution >= 0.6 is 0 Å². The van der Waals surface area contributed by atoms with Gasteiger partial charge in [-0.3, -0.25) is 9.59 Å². The lowest BCUT2D eigenvalue weighted by Crippen LogP contribution is -2.69. The molecule has 3 aliphatic rings. The second kappa shape index (κ2) is 4.33. The van der Waals surface area contributed by atoms with E-state index in [9.17, 15) is 9.59 Å². The summed E-state index contributed by atoms with van der Waals surface area (Å²) in [5.74, 6) is -0.0567. The molecule has 4 atom stereocenters. The van der Waals surface area contributed by atoms with Crippen LogP contribution in [-0.4, -0.2) is 42.3 Å². The van der Waals surface area contributed by atoms with Crippen molar-refractivity contribution in [1.29, 1.82) is 0 Å². The van der Waals surface area contributed by atoms with Crippen molar-refractivity contribution in [3.05, 3.63) is 0 Å². The molecule has 0 spiro atoms. The Labute approximate surface area is 104 Å². The molecule has 98 valence electrons. The molecule has 0 aromatic heterocycles. The van der Waals surface area contributed by atoms with Crippen LogP contribution in [0.3, 0.4) is 0 Å². The van der Waals surface area contributed by atoms with Gasteiger partial charge in [-0.05, 0) is 6.42 Å². The van der Waals surface area contributed by atoms with Gasteiger partial charge in [0.1, 0.15) is 5.71 Å². The normalized spacial score (nSPS) is 38.3. The van der Waals surface area contributed by atoms with Crippen molar-refractivity contribution in [2.75, 3.05) is 6.61 Å². The number of amides is 2. The van der Waals surface area contributed by atoms with Gasteiger partial charge in [-0.15, -0.1) is 0 Å². The molecule has 2 aliphatic heterocycles. The molecule has 0 radical (unpaired) electrons. The monoisotopic (exact) mass is 252 g/mol.